The molecule has 5 rings (SSSR count). The van der Waals surface area contributed by atoms with Crippen LogP contribution in [-0.2, 0) is 16.1 Å². The number of fused-ring (bicyclic) bond motifs is 1. The maximum Gasteiger partial charge on any atom is 0.262 e. The highest BCUT2D eigenvalue weighted by Gasteiger charge is 2.46. The van der Waals surface area contributed by atoms with Crippen molar-refractivity contribution in [2.24, 2.45) is 0 Å². The number of hydrogen-bond acceptors (Lipinski definition) is 6. The number of likely N-dealkylation sites (tertiary alicyclic amines) is 1. The maximum atomic E-state index is 13.4. The third-order valence-corrected chi connectivity index (χ3v) is 7.36. The van der Waals surface area contributed by atoms with Crippen molar-refractivity contribution in [1.82, 2.24) is 20.4 Å². The fourth-order valence-corrected chi connectivity index (χ4v) is 5.76. The van der Waals surface area contributed by atoms with Crippen molar-refractivity contribution < 1.29 is 19.2 Å². The van der Waals surface area contributed by atoms with Crippen molar-refractivity contribution in [2.75, 3.05) is 19.6 Å². The number of piperidine rings is 3. The van der Waals surface area contributed by atoms with Crippen LogP contribution in [0.5, 0.6) is 0 Å². The monoisotopic (exact) mass is 424 g/mol. The molecule has 8 nitrogen and oxygen atoms in total. The third-order valence-electron chi connectivity index (χ3n) is 7.36. The second-order valence-corrected chi connectivity index (χ2v) is 9.17. The van der Waals surface area contributed by atoms with Gasteiger partial charge in [-0.3, -0.25) is 34.3 Å². The van der Waals surface area contributed by atoms with Gasteiger partial charge in [-0.15, -0.1) is 0 Å². The second-order valence-electron chi connectivity index (χ2n) is 9.17. The first-order valence-electron chi connectivity index (χ1n) is 11.3. The molecule has 0 aromatic heterocycles. The van der Waals surface area contributed by atoms with E-state index in [1.165, 1.54) is 6.42 Å². The number of carbonyl (C=O) groups excluding carboxylic acids is 4. The van der Waals surface area contributed by atoms with E-state index in [9.17, 15) is 19.2 Å². The van der Waals surface area contributed by atoms with Crippen LogP contribution in [0.15, 0.2) is 18.2 Å². The van der Waals surface area contributed by atoms with Crippen LogP contribution in [0, 0.1) is 0 Å². The smallest absolute Gasteiger partial charge is 0.262 e. The minimum Gasteiger partial charge on any atom is -0.315 e. The summed E-state index contributed by atoms with van der Waals surface area (Å²) in [7, 11) is 0. The number of rotatable bonds is 3. The Bertz CT molecular complexity index is 945. The molecule has 0 bridgehead atoms. The van der Waals surface area contributed by atoms with Gasteiger partial charge in [-0.05, 0) is 56.8 Å². The van der Waals surface area contributed by atoms with Crippen LogP contribution in [0.25, 0.3) is 0 Å². The molecule has 3 saturated heterocycles. The molecule has 4 aliphatic heterocycles. The van der Waals surface area contributed by atoms with E-state index in [0.717, 1.165) is 55.8 Å². The standard InChI is InChI=1S/C23H28N4O4/c28-18-8-7-17(20(29)25-18)27-21(30)16-6-3-5-15(19(16)22(27)31)13-26-12-2-1-9-23(26)10-4-11-24-14-23/h3,5-6,17,24H,1-2,4,7-14H2,(H,25,28,29). The lowest BCUT2D eigenvalue weighted by atomic mass is 9.80. The highest BCUT2D eigenvalue weighted by molar-refractivity contribution is 6.24. The van der Waals surface area contributed by atoms with E-state index >= 15 is 0 Å². The summed E-state index contributed by atoms with van der Waals surface area (Å²) in [5.41, 5.74) is 1.73. The van der Waals surface area contributed by atoms with Crippen LogP contribution >= 0.6 is 0 Å². The van der Waals surface area contributed by atoms with Gasteiger partial charge in [0.2, 0.25) is 11.8 Å². The number of nitrogens with zero attached hydrogens (tertiary/aromatic N) is 2. The molecular formula is C23H28N4O4. The van der Waals surface area contributed by atoms with Crippen molar-refractivity contribution >= 4 is 23.6 Å². The maximum absolute atomic E-state index is 13.4. The average Bonchev–Trinajstić information content (AvgIpc) is 3.02. The molecule has 164 valence electrons. The molecular weight excluding hydrogens is 396 g/mol. The summed E-state index contributed by atoms with van der Waals surface area (Å²) in [5.74, 6) is -1.80. The molecule has 4 aliphatic rings. The second kappa shape index (κ2) is 7.84. The minimum absolute atomic E-state index is 0.105. The zero-order valence-electron chi connectivity index (χ0n) is 17.6. The molecule has 0 radical (unpaired) electrons. The molecule has 1 aromatic carbocycles. The zero-order valence-corrected chi connectivity index (χ0v) is 17.6. The fraction of sp³-hybridized carbons (Fsp3) is 0.565. The number of carbonyl (C=O) groups is 4. The SMILES string of the molecule is O=C1CCC(N2C(=O)c3cccc(CN4CCCCC45CCCNC5)c3C2=O)C(=O)N1. The summed E-state index contributed by atoms with van der Waals surface area (Å²) in [4.78, 5) is 53.9. The molecule has 8 heteroatoms. The highest BCUT2D eigenvalue weighted by Crippen LogP contribution is 2.37. The van der Waals surface area contributed by atoms with Crippen molar-refractivity contribution in [3.8, 4) is 0 Å². The van der Waals surface area contributed by atoms with Crippen LogP contribution in [0.4, 0.5) is 0 Å². The van der Waals surface area contributed by atoms with Crippen LogP contribution in [0.1, 0.15) is 71.2 Å². The van der Waals surface area contributed by atoms with Crippen LogP contribution in [-0.4, -0.2) is 64.6 Å². The summed E-state index contributed by atoms with van der Waals surface area (Å²) in [6.07, 6.45) is 6.07. The van der Waals surface area contributed by atoms with Gasteiger partial charge in [0.25, 0.3) is 11.8 Å². The molecule has 1 aromatic rings. The van der Waals surface area contributed by atoms with E-state index in [-0.39, 0.29) is 24.3 Å². The normalized spacial score (nSPS) is 29.4. The van der Waals surface area contributed by atoms with Gasteiger partial charge in [0.05, 0.1) is 11.1 Å². The number of benzene rings is 1. The molecule has 31 heavy (non-hydrogen) atoms. The van der Waals surface area contributed by atoms with Crippen molar-refractivity contribution in [3.05, 3.63) is 34.9 Å². The lowest BCUT2D eigenvalue weighted by molar-refractivity contribution is -0.136. The van der Waals surface area contributed by atoms with Gasteiger partial charge < -0.3 is 5.32 Å². The number of amides is 4. The summed E-state index contributed by atoms with van der Waals surface area (Å²) < 4.78 is 0. The van der Waals surface area contributed by atoms with E-state index in [2.05, 4.69) is 15.5 Å². The van der Waals surface area contributed by atoms with E-state index in [1.54, 1.807) is 6.07 Å². The zero-order chi connectivity index (χ0) is 21.6. The molecule has 0 saturated carbocycles. The number of nitrogens with one attached hydrogen (secondary N) is 2. The number of imide groups is 2. The third kappa shape index (κ3) is 3.38. The molecule has 1 spiro atoms. The van der Waals surface area contributed by atoms with Gasteiger partial charge in [-0.25, -0.2) is 0 Å². The van der Waals surface area contributed by atoms with Crippen LogP contribution < -0.4 is 10.6 Å². The first-order chi connectivity index (χ1) is 15.0. The van der Waals surface area contributed by atoms with Crippen molar-refractivity contribution in [1.29, 1.82) is 0 Å². The van der Waals surface area contributed by atoms with Crippen LogP contribution in [0.2, 0.25) is 0 Å². The first-order valence-corrected chi connectivity index (χ1v) is 11.3. The minimum atomic E-state index is -0.929. The van der Waals surface area contributed by atoms with Gasteiger partial charge >= 0.3 is 0 Å². The summed E-state index contributed by atoms with van der Waals surface area (Å²) >= 11 is 0. The van der Waals surface area contributed by atoms with Gasteiger partial charge in [0.15, 0.2) is 0 Å². The van der Waals surface area contributed by atoms with Crippen molar-refractivity contribution in [2.45, 2.75) is 63.1 Å². The first kappa shape index (κ1) is 20.3. The summed E-state index contributed by atoms with van der Waals surface area (Å²) in [6.45, 7) is 3.60. The Morgan fingerprint density at radius 3 is 2.65 bits per heavy atom. The lowest BCUT2D eigenvalue weighted by Gasteiger charge is -2.50. The Labute approximate surface area is 181 Å². The van der Waals surface area contributed by atoms with E-state index in [1.807, 2.05) is 12.1 Å². The lowest BCUT2D eigenvalue weighted by Crippen LogP contribution is -2.59. The van der Waals surface area contributed by atoms with Crippen LogP contribution in [0.3, 0.4) is 0 Å². The fourth-order valence-electron chi connectivity index (χ4n) is 5.76. The van der Waals surface area contributed by atoms with Gasteiger partial charge in [-0.1, -0.05) is 18.6 Å². The van der Waals surface area contributed by atoms with E-state index in [4.69, 9.17) is 0 Å². The Kier molecular flexibility index (Phi) is 5.14. The largest absolute Gasteiger partial charge is 0.315 e. The molecule has 4 heterocycles. The predicted octanol–water partition coefficient (Wildman–Crippen LogP) is 1.20. The van der Waals surface area contributed by atoms with E-state index in [0.29, 0.717) is 17.7 Å². The Morgan fingerprint density at radius 2 is 1.87 bits per heavy atom. The Hall–Kier alpha value is -2.58. The quantitative estimate of drug-likeness (QED) is 0.708. The predicted molar refractivity (Wildman–Crippen MR) is 112 cm³/mol. The van der Waals surface area contributed by atoms with Gasteiger partial charge in [-0.2, -0.15) is 0 Å². The highest BCUT2D eigenvalue weighted by atomic mass is 16.2. The molecule has 2 N–H and O–H groups in total. The molecule has 2 atom stereocenters. The Balaban J connectivity index is 1.44. The summed E-state index contributed by atoms with van der Waals surface area (Å²) in [5, 5.41) is 5.80. The Morgan fingerprint density at radius 1 is 1.03 bits per heavy atom. The van der Waals surface area contributed by atoms with Crippen molar-refractivity contribution in [3.63, 3.8) is 0 Å². The van der Waals surface area contributed by atoms with E-state index < -0.39 is 23.8 Å². The molecule has 2 unspecified atom stereocenters. The topological polar surface area (TPSA) is 98.8 Å². The number of hydrogen-bond donors (Lipinski definition) is 2. The average molecular weight is 425 g/mol. The van der Waals surface area contributed by atoms with Gasteiger partial charge in [0.1, 0.15) is 6.04 Å². The van der Waals surface area contributed by atoms with Gasteiger partial charge in [0, 0.05) is 25.0 Å². The molecule has 4 amide bonds. The summed E-state index contributed by atoms with van der Waals surface area (Å²) in [6, 6.07) is 4.49. The molecule has 3 fully saturated rings. The molecule has 0 aliphatic carbocycles.